The minimum Gasteiger partial charge on any atom is -0.465 e. The van der Waals surface area contributed by atoms with E-state index < -0.39 is 12.1 Å². The zero-order chi connectivity index (χ0) is 51.4. The molecular weight excluding hydrogens is 875 g/mol. The van der Waals surface area contributed by atoms with Gasteiger partial charge in [0.2, 0.25) is 5.91 Å². The Labute approximate surface area is 443 Å². The van der Waals surface area contributed by atoms with Crippen molar-refractivity contribution in [3.63, 3.8) is 0 Å². The molecule has 0 aromatic rings. The summed E-state index contributed by atoms with van der Waals surface area (Å²) in [5.41, 5.74) is 0. The smallest absolute Gasteiger partial charge is 0.305 e. The van der Waals surface area contributed by atoms with Gasteiger partial charge in [-0.1, -0.05) is 314 Å². The number of esters is 1. The Kier molecular flexibility index (Phi) is 59.0. The van der Waals surface area contributed by atoms with Gasteiger partial charge >= 0.3 is 5.97 Å². The molecule has 0 aliphatic heterocycles. The van der Waals surface area contributed by atoms with Crippen molar-refractivity contribution in [3.05, 3.63) is 36.5 Å². The van der Waals surface area contributed by atoms with E-state index in [2.05, 4.69) is 43.5 Å². The van der Waals surface area contributed by atoms with Gasteiger partial charge in [-0.2, -0.15) is 0 Å². The molecule has 6 heteroatoms. The maximum atomic E-state index is 12.5. The first-order chi connectivity index (χ1) is 35.0. The largest absolute Gasteiger partial charge is 0.465 e. The van der Waals surface area contributed by atoms with Gasteiger partial charge in [-0.3, -0.25) is 9.59 Å². The summed E-state index contributed by atoms with van der Waals surface area (Å²) in [6, 6.07) is -0.632. The van der Waals surface area contributed by atoms with E-state index in [1.807, 2.05) is 6.08 Å². The van der Waals surface area contributed by atoms with Crippen LogP contribution in [-0.4, -0.2) is 47.4 Å². The van der Waals surface area contributed by atoms with Crippen molar-refractivity contribution >= 4 is 11.9 Å². The summed E-state index contributed by atoms with van der Waals surface area (Å²) in [5.74, 6) is -0.103. The molecule has 0 aromatic carbocycles. The quantitative estimate of drug-likeness (QED) is 0.0321. The number of aliphatic hydroxyl groups is 2. The SMILES string of the molecule is CCCCCCCCCCCCCCCCC/C=C/C(O)C(CO)NC(=O)CCCCCCCCCCCCCCCC/C=C\C/C=C\CCOC(=O)CCCCCCCCCCCCCCCCCC. The van der Waals surface area contributed by atoms with Crippen LogP contribution in [0.4, 0.5) is 0 Å². The third-order valence-electron chi connectivity index (χ3n) is 14.7. The Morgan fingerprint density at radius 2 is 0.704 bits per heavy atom. The summed E-state index contributed by atoms with van der Waals surface area (Å²) in [6.45, 7) is 4.82. The Bertz CT molecular complexity index is 1150. The van der Waals surface area contributed by atoms with Crippen LogP contribution in [0.1, 0.15) is 341 Å². The van der Waals surface area contributed by atoms with E-state index in [1.54, 1.807) is 6.08 Å². The molecule has 0 spiro atoms. The van der Waals surface area contributed by atoms with Crippen LogP contribution in [0.3, 0.4) is 0 Å². The van der Waals surface area contributed by atoms with Gasteiger partial charge in [0.15, 0.2) is 0 Å². The van der Waals surface area contributed by atoms with E-state index in [1.165, 1.54) is 263 Å². The third kappa shape index (κ3) is 57.2. The van der Waals surface area contributed by atoms with Crippen molar-refractivity contribution in [1.82, 2.24) is 5.32 Å². The fourth-order valence-electron chi connectivity index (χ4n) is 9.83. The Morgan fingerprint density at radius 1 is 0.394 bits per heavy atom. The number of nitrogens with one attached hydrogen (secondary N) is 1. The minimum absolute atomic E-state index is 0.0322. The second-order valence-electron chi connectivity index (χ2n) is 21.7. The number of hydrogen-bond acceptors (Lipinski definition) is 5. The van der Waals surface area contributed by atoms with E-state index in [0.717, 1.165) is 51.4 Å². The molecule has 0 fully saturated rings. The average Bonchev–Trinajstić information content (AvgIpc) is 3.37. The molecule has 2 unspecified atom stereocenters. The molecule has 0 bridgehead atoms. The molecule has 1 amide bonds. The molecule has 2 atom stereocenters. The third-order valence-corrected chi connectivity index (χ3v) is 14.7. The number of unbranched alkanes of at least 4 members (excludes halogenated alkanes) is 44. The van der Waals surface area contributed by atoms with Crippen molar-refractivity contribution in [3.8, 4) is 0 Å². The highest BCUT2D eigenvalue weighted by molar-refractivity contribution is 5.76. The number of aliphatic hydroxyl groups excluding tert-OH is 2. The van der Waals surface area contributed by atoms with E-state index >= 15 is 0 Å². The highest BCUT2D eigenvalue weighted by Gasteiger charge is 2.18. The molecule has 0 aliphatic carbocycles. The molecule has 6 nitrogen and oxygen atoms in total. The van der Waals surface area contributed by atoms with Crippen molar-refractivity contribution in [2.24, 2.45) is 0 Å². The van der Waals surface area contributed by atoms with Crippen LogP contribution in [0.25, 0.3) is 0 Å². The fourth-order valence-corrected chi connectivity index (χ4v) is 9.83. The molecule has 0 aliphatic rings. The number of ether oxygens (including phenoxy) is 1. The second-order valence-corrected chi connectivity index (χ2v) is 21.7. The van der Waals surface area contributed by atoms with Gasteiger partial charge < -0.3 is 20.3 Å². The van der Waals surface area contributed by atoms with Crippen molar-refractivity contribution in [2.75, 3.05) is 13.2 Å². The molecule has 418 valence electrons. The van der Waals surface area contributed by atoms with E-state index in [9.17, 15) is 19.8 Å². The topological polar surface area (TPSA) is 95.9 Å². The van der Waals surface area contributed by atoms with Crippen LogP contribution in [-0.2, 0) is 14.3 Å². The normalized spacial score (nSPS) is 12.8. The van der Waals surface area contributed by atoms with Gasteiger partial charge in [0.25, 0.3) is 0 Å². The lowest BCUT2D eigenvalue weighted by atomic mass is 10.0. The lowest BCUT2D eigenvalue weighted by molar-refractivity contribution is -0.143. The Balaban J connectivity index is 3.47. The number of carbonyl (C=O) groups excluding carboxylic acids is 2. The first-order valence-electron chi connectivity index (χ1n) is 31.8. The first kappa shape index (κ1) is 69.1. The van der Waals surface area contributed by atoms with Crippen molar-refractivity contribution in [2.45, 2.75) is 353 Å². The Morgan fingerprint density at radius 3 is 1.07 bits per heavy atom. The summed E-state index contributed by atoms with van der Waals surface area (Å²) in [7, 11) is 0. The van der Waals surface area contributed by atoms with Crippen molar-refractivity contribution < 1.29 is 24.5 Å². The van der Waals surface area contributed by atoms with Gasteiger partial charge in [0.1, 0.15) is 0 Å². The van der Waals surface area contributed by atoms with E-state index in [0.29, 0.717) is 19.4 Å². The standard InChI is InChI=1S/C65H123NO5/c1-3-5-7-9-11-13-15-17-19-26-29-33-37-41-45-49-53-57-63(68)62(61-67)66-64(69)58-54-50-46-42-38-34-30-27-24-22-21-23-25-28-32-36-40-44-48-52-56-60-71-65(70)59-55-51-47-43-39-35-31-20-18-16-14-12-10-8-6-4-2/h36,40,48,52-53,57,62-63,67-68H,3-35,37-39,41-47,49-51,54-56,58-61H2,1-2H3,(H,66,69)/b40-36-,52-48-,57-53+. The number of rotatable bonds is 59. The number of hydrogen-bond donors (Lipinski definition) is 3. The summed E-state index contributed by atoms with van der Waals surface area (Å²) < 4.78 is 5.43. The van der Waals surface area contributed by atoms with E-state index in [4.69, 9.17) is 4.74 Å². The van der Waals surface area contributed by atoms with Gasteiger partial charge in [0, 0.05) is 12.8 Å². The summed E-state index contributed by atoms with van der Waals surface area (Å²) in [6.07, 6.45) is 76.3. The first-order valence-corrected chi connectivity index (χ1v) is 31.8. The van der Waals surface area contributed by atoms with Crippen LogP contribution in [0, 0.1) is 0 Å². The summed E-state index contributed by atoms with van der Waals surface area (Å²) >= 11 is 0. The minimum atomic E-state index is -0.848. The van der Waals surface area contributed by atoms with Gasteiger partial charge in [0.05, 0.1) is 25.4 Å². The fraction of sp³-hybridized carbons (Fsp3) is 0.877. The number of amides is 1. The molecule has 3 N–H and O–H groups in total. The number of carbonyl (C=O) groups is 2. The van der Waals surface area contributed by atoms with Crippen LogP contribution >= 0.6 is 0 Å². The van der Waals surface area contributed by atoms with Crippen LogP contribution in [0.5, 0.6) is 0 Å². The molecular formula is C65H123NO5. The van der Waals surface area contributed by atoms with Crippen LogP contribution in [0.2, 0.25) is 0 Å². The highest BCUT2D eigenvalue weighted by Crippen LogP contribution is 2.18. The molecule has 0 radical (unpaired) electrons. The van der Waals surface area contributed by atoms with E-state index in [-0.39, 0.29) is 18.5 Å². The maximum Gasteiger partial charge on any atom is 0.305 e. The molecule has 0 heterocycles. The Hall–Kier alpha value is -1.92. The second kappa shape index (κ2) is 60.6. The number of allylic oxidation sites excluding steroid dienone is 4. The lowest BCUT2D eigenvalue weighted by Crippen LogP contribution is -2.45. The highest BCUT2D eigenvalue weighted by atomic mass is 16.5. The maximum absolute atomic E-state index is 12.5. The molecule has 0 aromatic heterocycles. The van der Waals surface area contributed by atoms with Gasteiger partial charge in [-0.25, -0.2) is 0 Å². The van der Waals surface area contributed by atoms with Crippen LogP contribution < -0.4 is 5.32 Å². The summed E-state index contributed by atoms with van der Waals surface area (Å²) in [4.78, 5) is 24.5. The molecule has 71 heavy (non-hydrogen) atoms. The zero-order valence-corrected chi connectivity index (χ0v) is 47.7. The van der Waals surface area contributed by atoms with Crippen LogP contribution in [0.15, 0.2) is 36.5 Å². The monoisotopic (exact) mass is 998 g/mol. The predicted octanol–water partition coefficient (Wildman–Crippen LogP) is 20.0. The molecule has 0 saturated carbocycles. The van der Waals surface area contributed by atoms with Gasteiger partial charge in [-0.05, 0) is 51.4 Å². The molecule has 0 rings (SSSR count). The summed E-state index contributed by atoms with van der Waals surface area (Å²) in [5, 5.41) is 23.2. The van der Waals surface area contributed by atoms with Gasteiger partial charge in [-0.15, -0.1) is 0 Å². The van der Waals surface area contributed by atoms with Crippen molar-refractivity contribution in [1.29, 1.82) is 0 Å². The molecule has 0 saturated heterocycles. The predicted molar refractivity (Wildman–Crippen MR) is 310 cm³/mol. The average molecular weight is 999 g/mol. The zero-order valence-electron chi connectivity index (χ0n) is 47.7. The lowest BCUT2D eigenvalue weighted by Gasteiger charge is -2.20.